The molecule has 0 fully saturated rings. The van der Waals surface area contributed by atoms with Gasteiger partial charge in [0.15, 0.2) is 0 Å². The van der Waals surface area contributed by atoms with E-state index in [4.69, 9.17) is 4.52 Å². The maximum absolute atomic E-state index is 5.19. The highest BCUT2D eigenvalue weighted by atomic mass is 16.5. The second-order valence-corrected chi connectivity index (χ2v) is 3.09. The molecule has 0 radical (unpaired) electrons. The predicted molar refractivity (Wildman–Crippen MR) is 45.9 cm³/mol. The van der Waals surface area contributed by atoms with Gasteiger partial charge < -0.3 is 4.52 Å². The molecule has 2 rings (SSSR count). The van der Waals surface area contributed by atoms with Crippen LogP contribution in [-0.4, -0.2) is 10.1 Å². The lowest BCUT2D eigenvalue weighted by molar-refractivity contribution is 0.378. The van der Waals surface area contributed by atoms with Crippen molar-refractivity contribution in [2.75, 3.05) is 0 Å². The van der Waals surface area contributed by atoms with Crippen molar-refractivity contribution < 1.29 is 4.52 Å². The second kappa shape index (κ2) is 2.59. The summed E-state index contributed by atoms with van der Waals surface area (Å²) in [6.45, 7) is 4.17. The fourth-order valence-corrected chi connectivity index (χ4v) is 1.23. The molecule has 0 saturated carbocycles. The summed E-state index contributed by atoms with van der Waals surface area (Å²) >= 11 is 0. The van der Waals surface area contributed by atoms with Gasteiger partial charge in [0.05, 0.1) is 6.20 Å². The molecule has 2 aromatic heterocycles. The van der Waals surface area contributed by atoms with Crippen LogP contribution in [0.3, 0.4) is 0 Å². The van der Waals surface area contributed by atoms with Crippen LogP contribution in [0, 0.1) is 0 Å². The highest BCUT2D eigenvalue weighted by Crippen LogP contribution is 2.23. The van der Waals surface area contributed by atoms with Gasteiger partial charge in [-0.15, -0.1) is 0 Å². The van der Waals surface area contributed by atoms with Gasteiger partial charge in [-0.3, -0.25) is 4.98 Å². The summed E-state index contributed by atoms with van der Waals surface area (Å²) in [4.78, 5) is 3.96. The molecular formula is C9H10N2O. The molecular weight excluding hydrogens is 152 g/mol. The molecule has 0 aromatic carbocycles. The third-order valence-electron chi connectivity index (χ3n) is 1.83. The van der Waals surface area contributed by atoms with Gasteiger partial charge in [0.2, 0.25) is 0 Å². The highest BCUT2D eigenvalue weighted by molar-refractivity contribution is 5.79. The monoisotopic (exact) mass is 162 g/mol. The molecule has 2 heterocycles. The first kappa shape index (κ1) is 7.28. The van der Waals surface area contributed by atoms with E-state index in [2.05, 4.69) is 24.0 Å². The van der Waals surface area contributed by atoms with Crippen LogP contribution in [0.15, 0.2) is 23.0 Å². The van der Waals surface area contributed by atoms with E-state index in [1.807, 2.05) is 6.07 Å². The van der Waals surface area contributed by atoms with E-state index in [-0.39, 0.29) is 0 Å². The van der Waals surface area contributed by atoms with Gasteiger partial charge in [-0.05, 0) is 6.07 Å². The third kappa shape index (κ3) is 0.978. The van der Waals surface area contributed by atoms with Gasteiger partial charge in [0.1, 0.15) is 11.3 Å². The van der Waals surface area contributed by atoms with E-state index in [0.717, 1.165) is 16.7 Å². The van der Waals surface area contributed by atoms with Crippen molar-refractivity contribution in [1.82, 2.24) is 10.1 Å². The smallest absolute Gasteiger partial charge is 0.147 e. The van der Waals surface area contributed by atoms with Gasteiger partial charge in [-0.25, -0.2) is 0 Å². The summed E-state index contributed by atoms with van der Waals surface area (Å²) in [7, 11) is 0. The second-order valence-electron chi connectivity index (χ2n) is 3.09. The largest absolute Gasteiger partial charge is 0.360 e. The van der Waals surface area contributed by atoms with Crippen LogP contribution in [0.5, 0.6) is 0 Å². The lowest BCUT2D eigenvalue weighted by Gasteiger charge is -1.96. The minimum atomic E-state index is 0.373. The molecule has 12 heavy (non-hydrogen) atoms. The third-order valence-corrected chi connectivity index (χ3v) is 1.83. The number of fused-ring (bicyclic) bond motifs is 1. The SMILES string of the molecule is CC(C)c1onc2cnccc12. The first-order valence-electron chi connectivity index (χ1n) is 3.98. The van der Waals surface area contributed by atoms with Crippen LogP contribution in [0.25, 0.3) is 10.9 Å². The maximum Gasteiger partial charge on any atom is 0.147 e. The zero-order chi connectivity index (χ0) is 8.55. The number of aromatic nitrogens is 2. The molecule has 0 bridgehead atoms. The molecule has 2 aromatic rings. The molecule has 0 aliphatic heterocycles. The van der Waals surface area contributed by atoms with Crippen molar-refractivity contribution in [1.29, 1.82) is 0 Å². The van der Waals surface area contributed by atoms with Crippen LogP contribution < -0.4 is 0 Å². The van der Waals surface area contributed by atoms with Gasteiger partial charge in [0, 0.05) is 17.5 Å². The Morgan fingerprint density at radius 2 is 2.25 bits per heavy atom. The Morgan fingerprint density at radius 1 is 1.42 bits per heavy atom. The molecule has 0 N–H and O–H groups in total. The summed E-state index contributed by atoms with van der Waals surface area (Å²) in [5.41, 5.74) is 0.834. The molecule has 0 aliphatic carbocycles. The number of hydrogen-bond acceptors (Lipinski definition) is 3. The minimum Gasteiger partial charge on any atom is -0.360 e. The van der Waals surface area contributed by atoms with Crippen molar-refractivity contribution >= 4 is 10.9 Å². The molecule has 0 saturated heterocycles. The van der Waals surface area contributed by atoms with Crippen LogP contribution in [-0.2, 0) is 0 Å². The van der Waals surface area contributed by atoms with E-state index in [9.17, 15) is 0 Å². The summed E-state index contributed by atoms with van der Waals surface area (Å²) in [6.07, 6.45) is 3.47. The summed E-state index contributed by atoms with van der Waals surface area (Å²) in [5.74, 6) is 1.31. The maximum atomic E-state index is 5.19. The Balaban J connectivity index is 2.70. The Morgan fingerprint density at radius 3 is 3.00 bits per heavy atom. The quantitative estimate of drug-likeness (QED) is 0.646. The van der Waals surface area contributed by atoms with E-state index in [1.54, 1.807) is 12.4 Å². The highest BCUT2D eigenvalue weighted by Gasteiger charge is 2.10. The van der Waals surface area contributed by atoms with Crippen LogP contribution in [0.1, 0.15) is 25.5 Å². The zero-order valence-corrected chi connectivity index (χ0v) is 7.11. The number of nitrogens with zero attached hydrogens (tertiary/aromatic N) is 2. The van der Waals surface area contributed by atoms with Crippen molar-refractivity contribution in [3.8, 4) is 0 Å². The zero-order valence-electron chi connectivity index (χ0n) is 7.11. The molecule has 3 nitrogen and oxygen atoms in total. The Labute approximate surface area is 70.4 Å². The lowest BCUT2D eigenvalue weighted by atomic mass is 10.1. The molecule has 3 heteroatoms. The van der Waals surface area contributed by atoms with E-state index >= 15 is 0 Å². The molecule has 0 unspecified atom stereocenters. The van der Waals surface area contributed by atoms with E-state index in [1.165, 1.54) is 0 Å². The molecule has 0 amide bonds. The van der Waals surface area contributed by atoms with Crippen LogP contribution in [0.4, 0.5) is 0 Å². The molecule has 0 atom stereocenters. The number of hydrogen-bond donors (Lipinski definition) is 0. The Bertz CT molecular complexity index is 392. The number of rotatable bonds is 1. The normalized spacial score (nSPS) is 11.2. The van der Waals surface area contributed by atoms with Gasteiger partial charge in [0.25, 0.3) is 0 Å². The Kier molecular flexibility index (Phi) is 1.57. The van der Waals surface area contributed by atoms with Crippen molar-refractivity contribution in [3.05, 3.63) is 24.2 Å². The first-order chi connectivity index (χ1) is 5.79. The van der Waals surface area contributed by atoms with Crippen molar-refractivity contribution in [3.63, 3.8) is 0 Å². The van der Waals surface area contributed by atoms with Crippen molar-refractivity contribution in [2.45, 2.75) is 19.8 Å². The lowest BCUT2D eigenvalue weighted by Crippen LogP contribution is -1.83. The van der Waals surface area contributed by atoms with Gasteiger partial charge in [-0.2, -0.15) is 0 Å². The van der Waals surface area contributed by atoms with Crippen molar-refractivity contribution in [2.24, 2.45) is 0 Å². The number of pyridine rings is 1. The minimum absolute atomic E-state index is 0.373. The average molecular weight is 162 g/mol. The standard InChI is InChI=1S/C9H10N2O/c1-6(2)9-7-3-4-10-5-8(7)11-12-9/h3-6H,1-2H3. The molecule has 0 aliphatic rings. The molecule has 62 valence electrons. The summed E-state index contributed by atoms with van der Waals surface area (Å²) in [6, 6.07) is 1.93. The first-order valence-corrected chi connectivity index (χ1v) is 3.98. The van der Waals surface area contributed by atoms with Crippen LogP contribution in [0.2, 0.25) is 0 Å². The summed E-state index contributed by atoms with van der Waals surface area (Å²) in [5, 5.41) is 4.97. The summed E-state index contributed by atoms with van der Waals surface area (Å²) < 4.78 is 5.19. The van der Waals surface area contributed by atoms with Gasteiger partial charge in [-0.1, -0.05) is 19.0 Å². The fraction of sp³-hybridized carbons (Fsp3) is 0.333. The Hall–Kier alpha value is -1.38. The van der Waals surface area contributed by atoms with E-state index in [0.29, 0.717) is 5.92 Å². The average Bonchev–Trinajstić information content (AvgIpc) is 2.47. The van der Waals surface area contributed by atoms with Crippen LogP contribution >= 0.6 is 0 Å². The van der Waals surface area contributed by atoms with E-state index < -0.39 is 0 Å². The van der Waals surface area contributed by atoms with Gasteiger partial charge >= 0.3 is 0 Å². The molecule has 0 spiro atoms. The predicted octanol–water partition coefficient (Wildman–Crippen LogP) is 2.35. The topological polar surface area (TPSA) is 38.9 Å². The fourth-order valence-electron chi connectivity index (χ4n) is 1.23.